The van der Waals surface area contributed by atoms with E-state index in [0.717, 1.165) is 39.5 Å². The summed E-state index contributed by atoms with van der Waals surface area (Å²) in [5.74, 6) is -1.72. The third-order valence-corrected chi connectivity index (χ3v) is 5.29. The monoisotopic (exact) mass is 524 g/mol. The third kappa shape index (κ3) is 10.3. The maximum atomic E-state index is 11.9. The normalized spacial score (nSPS) is 22.9. The van der Waals surface area contributed by atoms with Gasteiger partial charge in [0.15, 0.2) is 12.2 Å². The van der Waals surface area contributed by atoms with Gasteiger partial charge in [-0.15, -0.1) is 0 Å². The summed E-state index contributed by atoms with van der Waals surface area (Å²) in [6.45, 7) is 7.10. The van der Waals surface area contributed by atoms with Gasteiger partial charge in [-0.2, -0.15) is 0 Å². The molecule has 1 aliphatic rings. The second-order valence-electron chi connectivity index (χ2n) is 8.57. The molecule has 0 spiro atoms. The highest BCUT2D eigenvalue weighted by Gasteiger charge is 2.53. The Hall–Kier alpha value is -3.34. The second kappa shape index (κ2) is 15.0. The molecule has 0 aromatic heterocycles. The molecule has 0 amide bonds. The molecule has 1 heterocycles. The van der Waals surface area contributed by atoms with Crippen molar-refractivity contribution in [2.24, 2.45) is 0 Å². The van der Waals surface area contributed by atoms with Crippen molar-refractivity contribution in [2.75, 3.05) is 13.2 Å². The third-order valence-electron chi connectivity index (χ3n) is 5.29. The largest absolute Gasteiger partial charge is 0.494 e. The van der Waals surface area contributed by atoms with Gasteiger partial charge in [-0.1, -0.05) is 26.2 Å². The zero-order valence-electron chi connectivity index (χ0n) is 21.9. The lowest BCUT2D eigenvalue weighted by molar-refractivity contribution is -0.288. The highest BCUT2D eigenvalue weighted by Crippen LogP contribution is 2.31. The van der Waals surface area contributed by atoms with Crippen molar-refractivity contribution in [1.29, 1.82) is 0 Å². The molecule has 1 fully saturated rings. The van der Waals surface area contributed by atoms with Gasteiger partial charge >= 0.3 is 23.9 Å². The van der Waals surface area contributed by atoms with Crippen LogP contribution in [0, 0.1) is 0 Å². The highest BCUT2D eigenvalue weighted by atomic mass is 16.7. The van der Waals surface area contributed by atoms with Gasteiger partial charge in [-0.05, 0) is 30.7 Å². The van der Waals surface area contributed by atoms with Gasteiger partial charge in [0.05, 0.1) is 6.61 Å². The summed E-state index contributed by atoms with van der Waals surface area (Å²) in [6.07, 6.45) is -1.85. The first-order chi connectivity index (χ1) is 17.6. The SMILES string of the molecule is CCCCCCOc1ccc(O[C@@H]2O[C@@H](COC(C)=O)[C@@H](OC(C)=O)[C@H](OC(C)=O)[C@H]2OC(C)=O)cc1. The lowest BCUT2D eigenvalue weighted by atomic mass is 9.98. The van der Waals surface area contributed by atoms with E-state index in [0.29, 0.717) is 18.1 Å². The number of unbranched alkanes of at least 4 members (excludes halogenated alkanes) is 3. The molecule has 1 saturated heterocycles. The molecule has 0 radical (unpaired) electrons. The molecule has 0 saturated carbocycles. The van der Waals surface area contributed by atoms with Crippen molar-refractivity contribution in [1.82, 2.24) is 0 Å². The molecule has 1 aliphatic heterocycles. The molecule has 0 bridgehead atoms. The van der Waals surface area contributed by atoms with Gasteiger partial charge in [0.1, 0.15) is 24.2 Å². The fraction of sp³-hybridized carbons (Fsp3) is 0.615. The van der Waals surface area contributed by atoms with Crippen LogP contribution >= 0.6 is 0 Å². The quantitative estimate of drug-likeness (QED) is 0.214. The van der Waals surface area contributed by atoms with Crippen LogP contribution in [0.4, 0.5) is 0 Å². The Morgan fingerprint density at radius 1 is 0.730 bits per heavy atom. The number of carbonyl (C=O) groups is 4. The lowest BCUT2D eigenvalue weighted by Crippen LogP contribution is -2.63. The number of ether oxygens (including phenoxy) is 7. The molecule has 5 atom stereocenters. The summed E-state index contributed by atoms with van der Waals surface area (Å²) in [6, 6.07) is 6.74. The predicted molar refractivity (Wildman–Crippen MR) is 129 cm³/mol. The minimum absolute atomic E-state index is 0.331. The van der Waals surface area contributed by atoms with Crippen molar-refractivity contribution < 1.29 is 52.3 Å². The van der Waals surface area contributed by atoms with E-state index in [2.05, 4.69) is 6.92 Å². The fourth-order valence-corrected chi connectivity index (χ4v) is 3.75. The summed E-state index contributed by atoms with van der Waals surface area (Å²) < 4.78 is 38.8. The molecule has 0 aliphatic carbocycles. The summed E-state index contributed by atoms with van der Waals surface area (Å²) in [5.41, 5.74) is 0. The van der Waals surface area contributed by atoms with E-state index in [1.165, 1.54) is 13.8 Å². The van der Waals surface area contributed by atoms with Gasteiger partial charge in [0.2, 0.25) is 12.4 Å². The van der Waals surface area contributed by atoms with Crippen LogP contribution in [0.3, 0.4) is 0 Å². The van der Waals surface area contributed by atoms with Crippen LogP contribution < -0.4 is 9.47 Å². The average molecular weight is 525 g/mol. The number of hydrogen-bond donors (Lipinski definition) is 0. The Labute approximate surface area is 216 Å². The molecular formula is C26H36O11. The molecule has 1 aromatic carbocycles. The molecular weight excluding hydrogens is 488 g/mol. The van der Waals surface area contributed by atoms with Gasteiger partial charge in [0, 0.05) is 27.7 Å². The standard InChI is InChI=1S/C26H36O11/c1-6-7-8-9-14-31-20-10-12-21(13-11-20)36-26-25(35-19(5)30)24(34-18(4)29)23(33-17(3)28)22(37-26)15-32-16(2)27/h10-13,22-26H,6-9,14-15H2,1-5H3/t22-,23+,24-,25+,26+/m0/s1. The number of rotatable bonds is 13. The van der Waals surface area contributed by atoms with E-state index in [4.69, 9.17) is 33.2 Å². The van der Waals surface area contributed by atoms with E-state index in [-0.39, 0.29) is 6.61 Å². The molecule has 2 rings (SSSR count). The van der Waals surface area contributed by atoms with Crippen molar-refractivity contribution in [3.63, 3.8) is 0 Å². The smallest absolute Gasteiger partial charge is 0.303 e. The van der Waals surface area contributed by atoms with Gasteiger partial charge in [-0.25, -0.2) is 0 Å². The Morgan fingerprint density at radius 2 is 1.30 bits per heavy atom. The van der Waals surface area contributed by atoms with E-state index < -0.39 is 54.6 Å². The minimum atomic E-state index is -1.30. The van der Waals surface area contributed by atoms with Crippen molar-refractivity contribution in [3.05, 3.63) is 24.3 Å². The summed E-state index contributed by atoms with van der Waals surface area (Å²) in [5, 5.41) is 0. The Bertz CT molecular complexity index is 898. The van der Waals surface area contributed by atoms with Crippen molar-refractivity contribution in [3.8, 4) is 11.5 Å². The van der Waals surface area contributed by atoms with Gasteiger partial charge < -0.3 is 33.2 Å². The first kappa shape index (κ1) is 29.9. The van der Waals surface area contributed by atoms with E-state index >= 15 is 0 Å². The summed E-state index contributed by atoms with van der Waals surface area (Å²) in [7, 11) is 0. The fourth-order valence-electron chi connectivity index (χ4n) is 3.75. The molecule has 11 heteroatoms. The highest BCUT2D eigenvalue weighted by molar-refractivity contribution is 5.68. The average Bonchev–Trinajstić information content (AvgIpc) is 2.81. The van der Waals surface area contributed by atoms with E-state index in [1.54, 1.807) is 24.3 Å². The topological polar surface area (TPSA) is 133 Å². The van der Waals surface area contributed by atoms with Crippen LogP contribution in [-0.2, 0) is 42.9 Å². The molecule has 11 nitrogen and oxygen atoms in total. The molecule has 0 unspecified atom stereocenters. The van der Waals surface area contributed by atoms with E-state index in [9.17, 15) is 19.2 Å². The Kier molecular flexibility index (Phi) is 12.1. The minimum Gasteiger partial charge on any atom is -0.494 e. The molecule has 37 heavy (non-hydrogen) atoms. The maximum absolute atomic E-state index is 11.9. The zero-order chi connectivity index (χ0) is 27.4. The molecule has 1 aromatic rings. The number of carbonyl (C=O) groups excluding carboxylic acids is 4. The Morgan fingerprint density at radius 3 is 1.86 bits per heavy atom. The van der Waals surface area contributed by atoms with Crippen LogP contribution in [0.5, 0.6) is 11.5 Å². The van der Waals surface area contributed by atoms with E-state index in [1.807, 2.05) is 0 Å². The van der Waals surface area contributed by atoms with Crippen LogP contribution in [0.25, 0.3) is 0 Å². The molecule has 0 N–H and O–H groups in total. The van der Waals surface area contributed by atoms with Crippen molar-refractivity contribution >= 4 is 23.9 Å². The summed E-state index contributed by atoms with van der Waals surface area (Å²) >= 11 is 0. The summed E-state index contributed by atoms with van der Waals surface area (Å²) in [4.78, 5) is 47.1. The van der Waals surface area contributed by atoms with Crippen LogP contribution in [-0.4, -0.2) is 67.8 Å². The van der Waals surface area contributed by atoms with Gasteiger partial charge in [-0.3, -0.25) is 19.2 Å². The second-order valence-corrected chi connectivity index (χ2v) is 8.57. The van der Waals surface area contributed by atoms with Crippen molar-refractivity contribution in [2.45, 2.75) is 91.0 Å². The number of benzene rings is 1. The van der Waals surface area contributed by atoms with Gasteiger partial charge in [0.25, 0.3) is 0 Å². The first-order valence-corrected chi connectivity index (χ1v) is 12.3. The zero-order valence-corrected chi connectivity index (χ0v) is 21.9. The Balaban J connectivity index is 2.26. The maximum Gasteiger partial charge on any atom is 0.303 e. The number of esters is 4. The molecule has 206 valence electrons. The van der Waals surface area contributed by atoms with Crippen LogP contribution in [0.2, 0.25) is 0 Å². The predicted octanol–water partition coefficient (Wildman–Crippen LogP) is 3.11. The first-order valence-electron chi connectivity index (χ1n) is 12.3. The number of hydrogen-bond acceptors (Lipinski definition) is 11. The lowest BCUT2D eigenvalue weighted by Gasteiger charge is -2.43. The van der Waals surface area contributed by atoms with Crippen LogP contribution in [0.1, 0.15) is 60.3 Å². The van der Waals surface area contributed by atoms with Crippen LogP contribution in [0.15, 0.2) is 24.3 Å².